The van der Waals surface area contributed by atoms with Gasteiger partial charge in [0.25, 0.3) is 0 Å². The molecular weight excluding hydrogens is 322 g/mol. The molecule has 1 fully saturated rings. The monoisotopic (exact) mass is 351 g/mol. The number of aromatic hydroxyl groups is 1. The second-order valence-electron chi connectivity index (χ2n) is 6.48. The van der Waals surface area contributed by atoms with Crippen molar-refractivity contribution in [2.45, 2.75) is 31.9 Å². The van der Waals surface area contributed by atoms with Crippen molar-refractivity contribution in [1.29, 1.82) is 0 Å². The zero-order chi connectivity index (χ0) is 17.6. The number of aliphatic imine (C=N–C) groups is 1. The summed E-state index contributed by atoms with van der Waals surface area (Å²) in [7, 11) is 1.57. The van der Waals surface area contributed by atoms with Crippen LogP contribution in [0.25, 0.3) is 0 Å². The lowest BCUT2D eigenvalue weighted by Gasteiger charge is -2.39. The van der Waals surface area contributed by atoms with Crippen LogP contribution in [0, 0.1) is 0 Å². The second kappa shape index (κ2) is 8.51. The van der Waals surface area contributed by atoms with Gasteiger partial charge in [0.05, 0.1) is 7.11 Å². The Balaban J connectivity index is 2.04. The number of rotatable bonds is 5. The lowest BCUT2D eigenvalue weighted by Crippen LogP contribution is -2.51. The summed E-state index contributed by atoms with van der Waals surface area (Å²) in [6, 6.07) is 5.58. The van der Waals surface area contributed by atoms with Crippen molar-refractivity contribution >= 4 is 17.7 Å². The number of benzene rings is 1. The summed E-state index contributed by atoms with van der Waals surface area (Å²) < 4.78 is 5.41. The van der Waals surface area contributed by atoms with Gasteiger partial charge in [0.2, 0.25) is 0 Å². The number of phenolic OH excluding ortho intramolecular Hbond substituents is 1. The van der Waals surface area contributed by atoms with E-state index < -0.39 is 0 Å². The molecule has 5 nitrogen and oxygen atoms in total. The number of guanidine groups is 1. The fourth-order valence-corrected chi connectivity index (χ4v) is 3.95. The van der Waals surface area contributed by atoms with Crippen LogP contribution < -0.4 is 10.1 Å². The van der Waals surface area contributed by atoms with Crippen LogP contribution in [-0.4, -0.2) is 59.8 Å². The van der Waals surface area contributed by atoms with Gasteiger partial charge in [0.1, 0.15) is 0 Å². The van der Waals surface area contributed by atoms with Crippen LogP contribution in [0.4, 0.5) is 0 Å². The summed E-state index contributed by atoms with van der Waals surface area (Å²) in [5.74, 6) is 2.82. The van der Waals surface area contributed by atoms with Gasteiger partial charge >= 0.3 is 0 Å². The Kier molecular flexibility index (Phi) is 6.66. The standard InChI is InChI=1S/C18H29N3O2S/c1-5-19-17(21-11-12-24-18(2,3)13-21)20-10-9-14-7-6-8-15(23-4)16(14)22/h6-8,22H,5,9-13H2,1-4H3,(H,19,20). The van der Waals surface area contributed by atoms with E-state index in [4.69, 9.17) is 9.73 Å². The van der Waals surface area contributed by atoms with E-state index in [0.717, 1.165) is 36.9 Å². The van der Waals surface area contributed by atoms with Crippen molar-refractivity contribution < 1.29 is 9.84 Å². The molecule has 1 heterocycles. The number of hydrogen-bond donors (Lipinski definition) is 2. The molecule has 0 aliphatic carbocycles. The van der Waals surface area contributed by atoms with Crippen LogP contribution in [0.5, 0.6) is 11.5 Å². The second-order valence-corrected chi connectivity index (χ2v) is 8.29. The highest BCUT2D eigenvalue weighted by atomic mass is 32.2. The quantitative estimate of drug-likeness (QED) is 0.631. The van der Waals surface area contributed by atoms with Crippen LogP contribution in [0.15, 0.2) is 23.2 Å². The highest BCUT2D eigenvalue weighted by molar-refractivity contribution is 8.00. The first-order valence-corrected chi connectivity index (χ1v) is 9.47. The third-order valence-electron chi connectivity index (χ3n) is 4.01. The van der Waals surface area contributed by atoms with Crippen molar-refractivity contribution in [1.82, 2.24) is 10.2 Å². The van der Waals surface area contributed by atoms with Crippen LogP contribution in [-0.2, 0) is 6.42 Å². The predicted molar refractivity (Wildman–Crippen MR) is 102 cm³/mol. The van der Waals surface area contributed by atoms with E-state index >= 15 is 0 Å². The summed E-state index contributed by atoms with van der Waals surface area (Å²) in [4.78, 5) is 7.10. The number of nitrogens with zero attached hydrogens (tertiary/aromatic N) is 2. The molecule has 0 radical (unpaired) electrons. The Labute approximate surface area is 149 Å². The normalized spacial score (nSPS) is 17.7. The molecule has 1 aliphatic rings. The van der Waals surface area contributed by atoms with Gasteiger partial charge in [0, 0.05) is 36.7 Å². The molecule has 0 aromatic heterocycles. The number of thioether (sulfide) groups is 1. The molecule has 0 bridgehead atoms. The van der Waals surface area contributed by atoms with E-state index in [2.05, 4.69) is 31.0 Å². The van der Waals surface area contributed by atoms with Gasteiger partial charge in [-0.15, -0.1) is 0 Å². The minimum atomic E-state index is 0.218. The van der Waals surface area contributed by atoms with Crippen LogP contribution >= 0.6 is 11.8 Å². The Bertz CT molecular complexity index is 575. The maximum Gasteiger partial charge on any atom is 0.193 e. The number of para-hydroxylation sites is 1. The first-order chi connectivity index (χ1) is 11.5. The molecule has 1 aromatic carbocycles. The van der Waals surface area contributed by atoms with Crippen molar-refractivity contribution in [3.05, 3.63) is 23.8 Å². The first-order valence-electron chi connectivity index (χ1n) is 8.49. The van der Waals surface area contributed by atoms with E-state index in [1.54, 1.807) is 13.2 Å². The van der Waals surface area contributed by atoms with Crippen LogP contribution in [0.3, 0.4) is 0 Å². The summed E-state index contributed by atoms with van der Waals surface area (Å²) >= 11 is 2.01. The minimum absolute atomic E-state index is 0.218. The first kappa shape index (κ1) is 18.8. The summed E-state index contributed by atoms with van der Waals surface area (Å²) in [6.45, 7) is 10.1. The van der Waals surface area contributed by atoms with Crippen molar-refractivity contribution in [2.24, 2.45) is 4.99 Å². The lowest BCUT2D eigenvalue weighted by molar-refractivity contribution is 0.370. The number of phenols is 1. The molecule has 6 heteroatoms. The number of nitrogens with one attached hydrogen (secondary N) is 1. The van der Waals surface area contributed by atoms with Gasteiger partial charge in [-0.25, -0.2) is 0 Å². The number of methoxy groups -OCH3 is 1. The molecule has 1 aromatic rings. The van der Waals surface area contributed by atoms with Crippen LogP contribution in [0.2, 0.25) is 0 Å². The summed E-state index contributed by atoms with van der Waals surface area (Å²) in [5.41, 5.74) is 0.864. The molecule has 1 aliphatic heterocycles. The molecular formula is C18H29N3O2S. The largest absolute Gasteiger partial charge is 0.504 e. The Morgan fingerprint density at radius 3 is 2.92 bits per heavy atom. The summed E-state index contributed by atoms with van der Waals surface area (Å²) in [6.07, 6.45) is 0.684. The SMILES string of the molecule is CCNC(=NCCc1cccc(OC)c1O)N1CCSC(C)(C)C1. The molecule has 134 valence electrons. The fraction of sp³-hybridized carbons (Fsp3) is 0.611. The van der Waals surface area contributed by atoms with Gasteiger partial charge in [-0.05, 0) is 38.8 Å². The van der Waals surface area contributed by atoms with Gasteiger partial charge in [-0.1, -0.05) is 12.1 Å². The molecule has 2 rings (SSSR count). The predicted octanol–water partition coefficient (Wildman–Crippen LogP) is 2.74. The van der Waals surface area contributed by atoms with E-state index in [1.165, 1.54) is 0 Å². The number of hydrogen-bond acceptors (Lipinski definition) is 4. The highest BCUT2D eigenvalue weighted by Crippen LogP contribution is 2.30. The van der Waals surface area contributed by atoms with E-state index in [9.17, 15) is 5.11 Å². The molecule has 24 heavy (non-hydrogen) atoms. The van der Waals surface area contributed by atoms with Gasteiger partial charge in [-0.3, -0.25) is 4.99 Å². The van der Waals surface area contributed by atoms with Gasteiger partial charge in [0.15, 0.2) is 17.5 Å². The van der Waals surface area contributed by atoms with Gasteiger partial charge < -0.3 is 20.1 Å². The van der Waals surface area contributed by atoms with Crippen molar-refractivity contribution in [2.75, 3.05) is 39.0 Å². The van der Waals surface area contributed by atoms with Gasteiger partial charge in [-0.2, -0.15) is 11.8 Å². The average Bonchev–Trinajstić information content (AvgIpc) is 2.54. The van der Waals surface area contributed by atoms with E-state index in [-0.39, 0.29) is 10.5 Å². The Morgan fingerprint density at radius 1 is 1.46 bits per heavy atom. The number of ether oxygens (including phenoxy) is 1. The van der Waals surface area contributed by atoms with Crippen molar-refractivity contribution in [3.8, 4) is 11.5 Å². The van der Waals surface area contributed by atoms with E-state index in [1.807, 2.05) is 23.9 Å². The van der Waals surface area contributed by atoms with Crippen LogP contribution in [0.1, 0.15) is 26.3 Å². The minimum Gasteiger partial charge on any atom is -0.504 e. The average molecular weight is 352 g/mol. The topological polar surface area (TPSA) is 57.1 Å². The Hall–Kier alpha value is -1.56. The fourth-order valence-electron chi connectivity index (χ4n) is 2.84. The molecule has 0 atom stereocenters. The molecule has 0 saturated carbocycles. The molecule has 1 saturated heterocycles. The summed E-state index contributed by atoms with van der Waals surface area (Å²) in [5, 5.41) is 13.6. The zero-order valence-corrected chi connectivity index (χ0v) is 15.9. The molecule has 0 spiro atoms. The third kappa shape index (κ3) is 4.97. The smallest absolute Gasteiger partial charge is 0.193 e. The zero-order valence-electron chi connectivity index (χ0n) is 15.1. The Morgan fingerprint density at radius 2 is 2.25 bits per heavy atom. The maximum absolute atomic E-state index is 10.2. The molecule has 2 N–H and O–H groups in total. The lowest BCUT2D eigenvalue weighted by atomic mass is 10.1. The third-order valence-corrected chi connectivity index (χ3v) is 5.30. The maximum atomic E-state index is 10.2. The molecule has 0 unspecified atom stereocenters. The molecule has 0 amide bonds. The van der Waals surface area contributed by atoms with Crippen molar-refractivity contribution in [3.63, 3.8) is 0 Å². The van der Waals surface area contributed by atoms with E-state index in [0.29, 0.717) is 18.7 Å². The highest BCUT2D eigenvalue weighted by Gasteiger charge is 2.28.